The highest BCUT2D eigenvalue weighted by Crippen LogP contribution is 2.21. The van der Waals surface area contributed by atoms with Gasteiger partial charge in [-0.15, -0.1) is 0 Å². The molecule has 0 amide bonds. The predicted molar refractivity (Wildman–Crippen MR) is 71.2 cm³/mol. The normalized spacial score (nSPS) is 24.8. The fraction of sp³-hybridized carbons (Fsp3) is 0.333. The van der Waals surface area contributed by atoms with Crippen molar-refractivity contribution in [2.45, 2.75) is 18.8 Å². The average molecular weight is 243 g/mol. The smallest absolute Gasteiger partial charge is 0.0938 e. The van der Waals surface area contributed by atoms with Crippen molar-refractivity contribution < 1.29 is 10.2 Å². The van der Waals surface area contributed by atoms with Crippen LogP contribution in [0.2, 0.25) is 0 Å². The van der Waals surface area contributed by atoms with Gasteiger partial charge in [0.25, 0.3) is 0 Å². The molecular formula is C15H17NO2. The molecule has 1 fully saturated rings. The van der Waals surface area contributed by atoms with Crippen molar-refractivity contribution in [3.05, 3.63) is 48.0 Å². The van der Waals surface area contributed by atoms with Gasteiger partial charge in [-0.3, -0.25) is 4.90 Å². The summed E-state index contributed by atoms with van der Waals surface area (Å²) in [5.41, 5.74) is 1.24. The van der Waals surface area contributed by atoms with E-state index in [0.29, 0.717) is 13.1 Å². The second kappa shape index (κ2) is 4.69. The lowest BCUT2D eigenvalue weighted by molar-refractivity contribution is 0.0572. The summed E-state index contributed by atoms with van der Waals surface area (Å²) in [7, 11) is 0. The third kappa shape index (κ3) is 2.12. The van der Waals surface area contributed by atoms with Gasteiger partial charge in [0.2, 0.25) is 0 Å². The van der Waals surface area contributed by atoms with E-state index in [1.54, 1.807) is 0 Å². The monoisotopic (exact) mass is 243 g/mol. The molecule has 1 aliphatic rings. The van der Waals surface area contributed by atoms with Crippen molar-refractivity contribution in [1.82, 2.24) is 4.90 Å². The number of benzene rings is 2. The van der Waals surface area contributed by atoms with Gasteiger partial charge in [0.05, 0.1) is 12.2 Å². The molecule has 2 N–H and O–H groups in total. The molecule has 3 heteroatoms. The quantitative estimate of drug-likeness (QED) is 0.837. The summed E-state index contributed by atoms with van der Waals surface area (Å²) in [6.07, 6.45) is -1.22. The van der Waals surface area contributed by atoms with Crippen LogP contribution >= 0.6 is 0 Å². The van der Waals surface area contributed by atoms with Crippen LogP contribution in [0.3, 0.4) is 0 Å². The van der Waals surface area contributed by atoms with E-state index in [1.165, 1.54) is 16.3 Å². The lowest BCUT2D eigenvalue weighted by Gasteiger charge is -2.16. The Morgan fingerprint density at radius 3 is 2.39 bits per heavy atom. The van der Waals surface area contributed by atoms with Crippen molar-refractivity contribution >= 4 is 10.8 Å². The second-order valence-electron chi connectivity index (χ2n) is 4.97. The van der Waals surface area contributed by atoms with Gasteiger partial charge in [0.15, 0.2) is 0 Å². The summed E-state index contributed by atoms with van der Waals surface area (Å²) in [6, 6.07) is 14.6. The van der Waals surface area contributed by atoms with E-state index < -0.39 is 12.2 Å². The fourth-order valence-corrected chi connectivity index (χ4v) is 2.65. The van der Waals surface area contributed by atoms with Gasteiger partial charge in [-0.2, -0.15) is 0 Å². The molecule has 0 unspecified atom stereocenters. The Hall–Kier alpha value is -1.42. The van der Waals surface area contributed by atoms with E-state index in [1.807, 2.05) is 12.1 Å². The number of likely N-dealkylation sites (tertiary alicyclic amines) is 1. The molecule has 18 heavy (non-hydrogen) atoms. The SMILES string of the molecule is O[C@@H]1CN(Cc2cccc3ccccc23)C[C@@H]1O. The summed E-state index contributed by atoms with van der Waals surface area (Å²) in [4.78, 5) is 2.09. The molecule has 0 radical (unpaired) electrons. The van der Waals surface area contributed by atoms with E-state index in [4.69, 9.17) is 0 Å². The fourth-order valence-electron chi connectivity index (χ4n) is 2.65. The molecule has 94 valence electrons. The predicted octanol–water partition coefficient (Wildman–Crippen LogP) is 1.38. The molecule has 2 aromatic rings. The molecule has 0 spiro atoms. The van der Waals surface area contributed by atoms with Gasteiger partial charge in [-0.25, -0.2) is 0 Å². The largest absolute Gasteiger partial charge is 0.389 e. The van der Waals surface area contributed by atoms with Crippen LogP contribution in [0.5, 0.6) is 0 Å². The molecule has 3 nitrogen and oxygen atoms in total. The van der Waals surface area contributed by atoms with Crippen molar-refractivity contribution in [3.63, 3.8) is 0 Å². The first-order valence-corrected chi connectivity index (χ1v) is 6.29. The number of aliphatic hydroxyl groups is 2. The van der Waals surface area contributed by atoms with Gasteiger partial charge in [0, 0.05) is 19.6 Å². The van der Waals surface area contributed by atoms with E-state index >= 15 is 0 Å². The Bertz CT molecular complexity index is 540. The van der Waals surface area contributed by atoms with Gasteiger partial charge in [-0.1, -0.05) is 42.5 Å². The summed E-state index contributed by atoms with van der Waals surface area (Å²) in [5, 5.41) is 21.6. The Morgan fingerprint density at radius 1 is 0.944 bits per heavy atom. The van der Waals surface area contributed by atoms with Crippen molar-refractivity contribution in [2.75, 3.05) is 13.1 Å². The van der Waals surface area contributed by atoms with E-state index in [9.17, 15) is 10.2 Å². The van der Waals surface area contributed by atoms with Crippen molar-refractivity contribution in [2.24, 2.45) is 0 Å². The first-order valence-electron chi connectivity index (χ1n) is 6.29. The minimum atomic E-state index is -0.611. The summed E-state index contributed by atoms with van der Waals surface area (Å²) in [6.45, 7) is 1.87. The lowest BCUT2D eigenvalue weighted by Crippen LogP contribution is -2.22. The van der Waals surface area contributed by atoms with Crippen LogP contribution in [0.25, 0.3) is 10.8 Å². The Balaban J connectivity index is 1.87. The third-order valence-corrected chi connectivity index (χ3v) is 3.61. The average Bonchev–Trinajstić information content (AvgIpc) is 2.69. The van der Waals surface area contributed by atoms with Crippen LogP contribution in [0.15, 0.2) is 42.5 Å². The van der Waals surface area contributed by atoms with E-state index in [-0.39, 0.29) is 0 Å². The maximum Gasteiger partial charge on any atom is 0.0938 e. The molecule has 1 heterocycles. The van der Waals surface area contributed by atoms with Crippen molar-refractivity contribution in [3.8, 4) is 0 Å². The van der Waals surface area contributed by atoms with Crippen LogP contribution in [-0.2, 0) is 6.54 Å². The van der Waals surface area contributed by atoms with Crippen LogP contribution < -0.4 is 0 Å². The first-order chi connectivity index (χ1) is 8.74. The van der Waals surface area contributed by atoms with Gasteiger partial charge in [0.1, 0.15) is 0 Å². The summed E-state index contributed by atoms with van der Waals surface area (Å²) >= 11 is 0. The molecule has 2 atom stereocenters. The Morgan fingerprint density at radius 2 is 1.61 bits per heavy atom. The van der Waals surface area contributed by atoms with E-state index in [2.05, 4.69) is 35.2 Å². The number of nitrogens with zero attached hydrogens (tertiary/aromatic N) is 1. The molecule has 0 aromatic heterocycles. The molecule has 1 aliphatic heterocycles. The summed E-state index contributed by atoms with van der Waals surface area (Å²) in [5.74, 6) is 0. The minimum Gasteiger partial charge on any atom is -0.389 e. The minimum absolute atomic E-state index is 0.546. The Labute approximate surface area is 106 Å². The zero-order chi connectivity index (χ0) is 12.5. The highest BCUT2D eigenvalue weighted by atomic mass is 16.3. The van der Waals surface area contributed by atoms with E-state index in [0.717, 1.165) is 6.54 Å². The number of fused-ring (bicyclic) bond motifs is 1. The van der Waals surface area contributed by atoms with Gasteiger partial charge < -0.3 is 10.2 Å². The number of rotatable bonds is 2. The molecule has 0 aliphatic carbocycles. The highest BCUT2D eigenvalue weighted by Gasteiger charge is 2.29. The second-order valence-corrected chi connectivity index (χ2v) is 4.97. The van der Waals surface area contributed by atoms with Crippen LogP contribution in [0.1, 0.15) is 5.56 Å². The number of aliphatic hydroxyl groups excluding tert-OH is 2. The molecule has 0 saturated carbocycles. The molecule has 1 saturated heterocycles. The molecule has 3 rings (SSSR count). The maximum absolute atomic E-state index is 9.57. The molecular weight excluding hydrogens is 226 g/mol. The van der Waals surface area contributed by atoms with Crippen LogP contribution in [0.4, 0.5) is 0 Å². The first kappa shape index (κ1) is 11.7. The Kier molecular flexibility index (Phi) is 3.04. The summed E-state index contributed by atoms with van der Waals surface area (Å²) < 4.78 is 0. The number of β-amino-alcohol motifs (C(OH)–C–C–N with tert-alkyl or cyclic N) is 2. The molecule has 2 aromatic carbocycles. The molecule has 0 bridgehead atoms. The van der Waals surface area contributed by atoms with Crippen LogP contribution in [0, 0.1) is 0 Å². The van der Waals surface area contributed by atoms with Gasteiger partial charge >= 0.3 is 0 Å². The zero-order valence-corrected chi connectivity index (χ0v) is 10.2. The number of hydrogen-bond acceptors (Lipinski definition) is 3. The standard InChI is InChI=1S/C15H17NO2/c17-14-9-16(10-15(14)18)8-12-6-3-5-11-4-1-2-7-13(11)12/h1-7,14-15,17-18H,8-10H2/t14-,15+. The maximum atomic E-state index is 9.57. The highest BCUT2D eigenvalue weighted by molar-refractivity contribution is 5.85. The van der Waals surface area contributed by atoms with Crippen molar-refractivity contribution in [1.29, 1.82) is 0 Å². The van der Waals surface area contributed by atoms with Crippen LogP contribution in [-0.4, -0.2) is 40.4 Å². The zero-order valence-electron chi connectivity index (χ0n) is 10.2. The topological polar surface area (TPSA) is 43.7 Å². The van der Waals surface area contributed by atoms with Gasteiger partial charge in [-0.05, 0) is 16.3 Å². The number of hydrogen-bond donors (Lipinski definition) is 2. The third-order valence-electron chi connectivity index (χ3n) is 3.61. The lowest BCUT2D eigenvalue weighted by atomic mass is 10.0.